The maximum atomic E-state index is 14.3. The number of primary amides is 1. The normalized spacial score (nSPS) is 22.2. The summed E-state index contributed by atoms with van der Waals surface area (Å²) in [4.78, 5) is 24.6. The number of nitrogens with two attached hydrogens (primary N) is 1. The van der Waals surface area contributed by atoms with Crippen molar-refractivity contribution in [2.45, 2.75) is 22.6 Å². The molecule has 3 rings (SSSR count). The van der Waals surface area contributed by atoms with Crippen LogP contribution in [0.1, 0.15) is 34.3 Å². The molecule has 1 saturated carbocycles. The molecule has 2 amide bonds. The zero-order valence-electron chi connectivity index (χ0n) is 14.8. The topological polar surface area (TPSA) is 72.2 Å². The van der Waals surface area contributed by atoms with Gasteiger partial charge in [-0.1, -0.05) is 40.9 Å². The van der Waals surface area contributed by atoms with Gasteiger partial charge in [-0.25, -0.2) is 13.2 Å². The van der Waals surface area contributed by atoms with Gasteiger partial charge in [0.2, 0.25) is 5.91 Å². The van der Waals surface area contributed by atoms with Gasteiger partial charge in [0, 0.05) is 12.5 Å². The Morgan fingerprint density at radius 2 is 1.79 bits per heavy atom. The molecule has 2 atom stereocenters. The number of hydrogen-bond acceptors (Lipinski definition) is 2. The molecule has 1 aliphatic rings. The molecule has 4 nitrogen and oxygen atoms in total. The summed E-state index contributed by atoms with van der Waals surface area (Å²) < 4.78 is 40.2. The highest BCUT2D eigenvalue weighted by Gasteiger charge is 2.81. The fourth-order valence-electron chi connectivity index (χ4n) is 3.60. The van der Waals surface area contributed by atoms with E-state index in [0.29, 0.717) is 6.07 Å². The summed E-state index contributed by atoms with van der Waals surface area (Å²) in [6, 6.07) is 5.28. The van der Waals surface area contributed by atoms with Crippen LogP contribution in [0, 0.1) is 17.5 Å². The van der Waals surface area contributed by atoms with E-state index < -0.39 is 50.5 Å². The molecule has 1 fully saturated rings. The fraction of sp³-hybridized carbons (Fsp3) is 0.263. The second-order valence-corrected chi connectivity index (χ2v) is 8.37. The fourth-order valence-corrected chi connectivity index (χ4v) is 4.88. The SMILES string of the molecule is CCNC(=O)c1cc(C2(C(N)=O)C(c3ccc(F)c(Cl)c3)C2(Cl)Cl)cc(F)c1F. The van der Waals surface area contributed by atoms with Gasteiger partial charge in [-0.3, -0.25) is 9.59 Å². The summed E-state index contributed by atoms with van der Waals surface area (Å²) in [6.45, 7) is 1.76. The van der Waals surface area contributed by atoms with Crippen molar-refractivity contribution < 1.29 is 22.8 Å². The van der Waals surface area contributed by atoms with Gasteiger partial charge in [-0.2, -0.15) is 0 Å². The molecule has 0 aliphatic heterocycles. The molecule has 2 aromatic carbocycles. The van der Waals surface area contributed by atoms with E-state index in [1.807, 2.05) is 0 Å². The van der Waals surface area contributed by atoms with Gasteiger partial charge in [0.15, 0.2) is 11.6 Å². The molecule has 0 radical (unpaired) electrons. The zero-order chi connectivity index (χ0) is 21.7. The molecule has 2 unspecified atom stereocenters. The summed E-state index contributed by atoms with van der Waals surface area (Å²) in [5.74, 6) is -6.43. The minimum Gasteiger partial charge on any atom is -0.369 e. The Morgan fingerprint density at radius 1 is 1.14 bits per heavy atom. The highest BCUT2D eigenvalue weighted by molar-refractivity contribution is 6.55. The molecule has 0 saturated heterocycles. The van der Waals surface area contributed by atoms with Crippen molar-refractivity contribution in [3.05, 3.63) is 69.5 Å². The second kappa shape index (κ2) is 7.38. The Kier molecular flexibility index (Phi) is 5.53. The first kappa shape index (κ1) is 21.7. The third kappa shape index (κ3) is 3.16. The molecule has 0 spiro atoms. The third-order valence-electron chi connectivity index (χ3n) is 4.97. The van der Waals surface area contributed by atoms with Crippen molar-refractivity contribution in [2.24, 2.45) is 5.73 Å². The first-order valence-corrected chi connectivity index (χ1v) is 9.53. The maximum absolute atomic E-state index is 14.3. The van der Waals surface area contributed by atoms with E-state index in [4.69, 9.17) is 40.5 Å². The Bertz CT molecular complexity index is 1030. The Labute approximate surface area is 179 Å². The van der Waals surface area contributed by atoms with Crippen LogP contribution in [0.15, 0.2) is 30.3 Å². The predicted octanol–water partition coefficient (Wildman–Crippen LogP) is 4.20. The molecular formula is C19H14Cl3F3N2O2. The molecule has 10 heteroatoms. The summed E-state index contributed by atoms with van der Waals surface area (Å²) in [6.07, 6.45) is 0. The minimum absolute atomic E-state index is 0.163. The number of hydrogen-bond donors (Lipinski definition) is 2. The summed E-state index contributed by atoms with van der Waals surface area (Å²) in [5, 5.41) is 2.10. The van der Waals surface area contributed by atoms with Crippen molar-refractivity contribution in [3.63, 3.8) is 0 Å². The highest BCUT2D eigenvalue weighted by Crippen LogP contribution is 2.74. The molecule has 0 aromatic heterocycles. The standard InChI is InChI=1S/C19H14Cl3F3N2O2/c1-2-27-16(28)10-6-9(7-13(24)14(10)25)18(17(26)29)15(19(18,21)22)8-3-4-12(23)11(20)5-8/h3-7,15H,2H2,1H3,(H2,26,29)(H,27,28). The van der Waals surface area contributed by atoms with Crippen molar-refractivity contribution in [1.29, 1.82) is 0 Å². The average Bonchev–Trinajstić information content (AvgIpc) is 3.17. The van der Waals surface area contributed by atoms with Crippen molar-refractivity contribution in [1.82, 2.24) is 5.32 Å². The minimum atomic E-state index is -1.90. The second-order valence-electron chi connectivity index (χ2n) is 6.58. The number of alkyl halides is 2. The van der Waals surface area contributed by atoms with Crippen LogP contribution in [0.5, 0.6) is 0 Å². The number of amides is 2. The number of nitrogens with one attached hydrogen (secondary N) is 1. The first-order chi connectivity index (χ1) is 13.5. The van der Waals surface area contributed by atoms with E-state index in [2.05, 4.69) is 5.32 Å². The largest absolute Gasteiger partial charge is 0.369 e. The highest BCUT2D eigenvalue weighted by atomic mass is 35.5. The lowest BCUT2D eigenvalue weighted by molar-refractivity contribution is -0.120. The van der Waals surface area contributed by atoms with Gasteiger partial charge in [0.1, 0.15) is 15.6 Å². The lowest BCUT2D eigenvalue weighted by atomic mass is 9.88. The van der Waals surface area contributed by atoms with Crippen LogP contribution in [0.4, 0.5) is 13.2 Å². The van der Waals surface area contributed by atoms with E-state index in [-0.39, 0.29) is 22.7 Å². The molecule has 154 valence electrons. The van der Waals surface area contributed by atoms with Crippen LogP contribution in [-0.4, -0.2) is 22.7 Å². The average molecular weight is 466 g/mol. The number of carbonyl (C=O) groups excluding carboxylic acids is 2. The molecule has 0 heterocycles. The van der Waals surface area contributed by atoms with Crippen LogP contribution in [0.2, 0.25) is 5.02 Å². The van der Waals surface area contributed by atoms with Crippen molar-refractivity contribution in [2.75, 3.05) is 6.54 Å². The molecule has 29 heavy (non-hydrogen) atoms. The number of benzene rings is 2. The lowest BCUT2D eigenvalue weighted by Crippen LogP contribution is -2.35. The van der Waals surface area contributed by atoms with Gasteiger partial charge < -0.3 is 11.1 Å². The van der Waals surface area contributed by atoms with Crippen LogP contribution in [0.25, 0.3) is 0 Å². The Balaban J connectivity index is 2.21. The zero-order valence-corrected chi connectivity index (χ0v) is 17.1. The quantitative estimate of drug-likeness (QED) is 0.650. The smallest absolute Gasteiger partial charge is 0.254 e. The van der Waals surface area contributed by atoms with Crippen LogP contribution in [0.3, 0.4) is 0 Å². The number of rotatable bonds is 5. The monoisotopic (exact) mass is 464 g/mol. The van der Waals surface area contributed by atoms with E-state index in [9.17, 15) is 22.8 Å². The third-order valence-corrected chi connectivity index (χ3v) is 6.29. The van der Waals surface area contributed by atoms with E-state index >= 15 is 0 Å². The maximum Gasteiger partial charge on any atom is 0.254 e. The summed E-state index contributed by atoms with van der Waals surface area (Å²) in [7, 11) is 0. The molecule has 3 N–H and O–H groups in total. The van der Waals surface area contributed by atoms with Crippen LogP contribution in [-0.2, 0) is 10.2 Å². The lowest BCUT2D eigenvalue weighted by Gasteiger charge is -2.17. The van der Waals surface area contributed by atoms with Crippen LogP contribution < -0.4 is 11.1 Å². The van der Waals surface area contributed by atoms with E-state index in [1.165, 1.54) is 12.1 Å². The van der Waals surface area contributed by atoms with Crippen LogP contribution >= 0.6 is 34.8 Å². The van der Waals surface area contributed by atoms with Gasteiger partial charge in [0.25, 0.3) is 5.91 Å². The van der Waals surface area contributed by atoms with Gasteiger partial charge in [-0.05, 0) is 42.3 Å². The first-order valence-electron chi connectivity index (χ1n) is 8.40. The number of halogens is 6. The Hall–Kier alpha value is -1.96. The Morgan fingerprint density at radius 3 is 2.34 bits per heavy atom. The molecule has 2 aromatic rings. The number of carbonyl (C=O) groups is 2. The van der Waals surface area contributed by atoms with Gasteiger partial charge >= 0.3 is 0 Å². The van der Waals surface area contributed by atoms with Gasteiger partial charge in [-0.15, -0.1) is 0 Å². The summed E-state index contributed by atoms with van der Waals surface area (Å²) >= 11 is 18.6. The van der Waals surface area contributed by atoms with Crippen molar-refractivity contribution >= 4 is 46.6 Å². The molecule has 0 bridgehead atoms. The van der Waals surface area contributed by atoms with Gasteiger partial charge in [0.05, 0.1) is 10.6 Å². The molecule has 1 aliphatic carbocycles. The van der Waals surface area contributed by atoms with Crippen molar-refractivity contribution in [3.8, 4) is 0 Å². The predicted molar refractivity (Wildman–Crippen MR) is 104 cm³/mol. The summed E-state index contributed by atoms with van der Waals surface area (Å²) in [5.41, 5.74) is 3.14. The van der Waals surface area contributed by atoms with E-state index in [0.717, 1.165) is 12.1 Å². The van der Waals surface area contributed by atoms with E-state index in [1.54, 1.807) is 6.92 Å². The molecular weight excluding hydrogens is 452 g/mol.